The van der Waals surface area contributed by atoms with Crippen LogP contribution in [0.4, 0.5) is 10.5 Å². The first-order valence-electron chi connectivity index (χ1n) is 15.8. The summed E-state index contributed by atoms with van der Waals surface area (Å²) in [7, 11) is 0. The van der Waals surface area contributed by atoms with Crippen molar-refractivity contribution in [2.75, 3.05) is 37.7 Å². The number of nitrogens with zero attached hydrogens (tertiary/aromatic N) is 2. The second kappa shape index (κ2) is 10.4. The molecular formula is C39H30N2O6. The number of phenolic OH excluding ortho intramolecular Hbond substituents is 1. The number of carbonyl (C=O) groups excluding carboxylic acids is 2. The Morgan fingerprint density at radius 3 is 2.09 bits per heavy atom. The van der Waals surface area contributed by atoms with Crippen LogP contribution in [0.5, 0.6) is 17.2 Å². The summed E-state index contributed by atoms with van der Waals surface area (Å²) in [5.41, 5.74) is 7.15. The fraction of sp³-hybridized carbons (Fsp3) is 0.179. The molecule has 3 heterocycles. The quantitative estimate of drug-likeness (QED) is 0.216. The van der Waals surface area contributed by atoms with E-state index in [1.807, 2.05) is 60.7 Å². The minimum absolute atomic E-state index is 0.0181. The summed E-state index contributed by atoms with van der Waals surface area (Å²) in [5.74, 6) is 0.647. The Hall–Kier alpha value is -5.76. The molecule has 3 aliphatic heterocycles. The highest BCUT2D eigenvalue weighted by atomic mass is 16.6. The van der Waals surface area contributed by atoms with Crippen LogP contribution in [0, 0.1) is 0 Å². The van der Waals surface area contributed by atoms with Crippen LogP contribution in [0.3, 0.4) is 0 Å². The van der Waals surface area contributed by atoms with Crippen molar-refractivity contribution in [1.29, 1.82) is 0 Å². The van der Waals surface area contributed by atoms with Crippen molar-refractivity contribution in [1.82, 2.24) is 4.90 Å². The maximum atomic E-state index is 13.2. The fourth-order valence-corrected chi connectivity index (χ4v) is 7.68. The van der Waals surface area contributed by atoms with Gasteiger partial charge < -0.3 is 29.1 Å². The molecule has 4 aliphatic rings. The lowest BCUT2D eigenvalue weighted by Crippen LogP contribution is -2.49. The highest BCUT2D eigenvalue weighted by Gasteiger charge is 2.53. The van der Waals surface area contributed by atoms with Gasteiger partial charge in [0.2, 0.25) is 0 Å². The zero-order chi connectivity index (χ0) is 31.7. The van der Waals surface area contributed by atoms with Crippen LogP contribution in [0.2, 0.25) is 0 Å². The molecule has 1 saturated heterocycles. The number of ether oxygens (including phenoxy) is 3. The van der Waals surface area contributed by atoms with Gasteiger partial charge in [-0.1, -0.05) is 66.7 Å². The summed E-state index contributed by atoms with van der Waals surface area (Å²) < 4.78 is 18.5. The lowest BCUT2D eigenvalue weighted by Gasteiger charge is -2.38. The molecule has 8 nitrogen and oxygen atoms in total. The summed E-state index contributed by atoms with van der Waals surface area (Å²) >= 11 is 0. The van der Waals surface area contributed by atoms with Crippen molar-refractivity contribution >= 4 is 17.7 Å². The van der Waals surface area contributed by atoms with Crippen LogP contribution in [0.25, 0.3) is 11.1 Å². The third kappa shape index (κ3) is 4.14. The predicted octanol–water partition coefficient (Wildman–Crippen LogP) is 7.03. The van der Waals surface area contributed by atoms with Gasteiger partial charge in [0.15, 0.2) is 5.60 Å². The van der Waals surface area contributed by atoms with Crippen molar-refractivity contribution in [2.24, 2.45) is 0 Å². The van der Waals surface area contributed by atoms with E-state index in [1.54, 1.807) is 29.2 Å². The van der Waals surface area contributed by atoms with E-state index in [0.29, 0.717) is 55.4 Å². The minimum atomic E-state index is -1.19. The molecule has 47 heavy (non-hydrogen) atoms. The van der Waals surface area contributed by atoms with E-state index in [0.717, 1.165) is 16.8 Å². The molecule has 5 aromatic carbocycles. The second-order valence-electron chi connectivity index (χ2n) is 12.4. The number of hydrogen-bond donors (Lipinski definition) is 1. The Labute approximate surface area is 271 Å². The zero-order valence-electron chi connectivity index (χ0n) is 25.4. The van der Waals surface area contributed by atoms with E-state index < -0.39 is 11.6 Å². The first kappa shape index (κ1) is 27.5. The van der Waals surface area contributed by atoms with Crippen molar-refractivity contribution in [2.45, 2.75) is 11.5 Å². The molecule has 1 unspecified atom stereocenters. The fourth-order valence-electron chi connectivity index (χ4n) is 7.68. The summed E-state index contributed by atoms with van der Waals surface area (Å²) in [6.07, 6.45) is -0.305. The number of benzene rings is 5. The van der Waals surface area contributed by atoms with Crippen LogP contribution in [0.15, 0.2) is 109 Å². The Balaban J connectivity index is 0.932. The standard InChI is InChI=1S/C39H30N2O6/c42-25-14-16-34-36(22-25)46-35-21-24(13-15-33(35)39(34)32-12-6-5-11-30(32)37(43)47-39)40-17-19-41(20-18-40)38(44)45-23-31-28-9-3-1-7-26(28)27-8-2-4-10-29(27)31/h1-16,21-22,31,42H,17-20,23H2. The molecule has 0 radical (unpaired) electrons. The Morgan fingerprint density at radius 2 is 1.36 bits per heavy atom. The van der Waals surface area contributed by atoms with Crippen molar-refractivity contribution in [3.63, 3.8) is 0 Å². The molecule has 0 saturated carbocycles. The Morgan fingerprint density at radius 1 is 0.745 bits per heavy atom. The molecule has 8 heteroatoms. The summed E-state index contributed by atoms with van der Waals surface area (Å²) in [6, 6.07) is 34.8. The number of phenols is 1. The molecule has 1 fully saturated rings. The summed E-state index contributed by atoms with van der Waals surface area (Å²) in [5, 5.41) is 10.3. The summed E-state index contributed by atoms with van der Waals surface area (Å²) in [4.78, 5) is 30.3. The maximum Gasteiger partial charge on any atom is 0.409 e. The smallest absolute Gasteiger partial charge is 0.409 e. The predicted molar refractivity (Wildman–Crippen MR) is 175 cm³/mol. The van der Waals surface area contributed by atoms with Crippen LogP contribution in [-0.4, -0.2) is 54.9 Å². The van der Waals surface area contributed by atoms with Gasteiger partial charge in [-0.05, 0) is 52.6 Å². The number of aromatic hydroxyl groups is 1. The first-order valence-corrected chi connectivity index (χ1v) is 15.8. The molecule has 1 aliphatic carbocycles. The molecule has 1 N–H and O–H groups in total. The molecule has 1 amide bonds. The molecular weight excluding hydrogens is 592 g/mol. The molecule has 0 bridgehead atoms. The number of anilines is 1. The number of piperazine rings is 1. The second-order valence-corrected chi connectivity index (χ2v) is 12.4. The Kier molecular flexibility index (Phi) is 6.09. The van der Waals surface area contributed by atoms with Crippen molar-refractivity contribution in [3.8, 4) is 28.4 Å². The molecule has 232 valence electrons. The lowest BCUT2D eigenvalue weighted by molar-refractivity contribution is 0.0224. The number of fused-ring (bicyclic) bond motifs is 9. The normalized spacial score (nSPS) is 18.9. The molecule has 1 spiro atoms. The number of amides is 1. The van der Waals surface area contributed by atoms with Crippen LogP contribution >= 0.6 is 0 Å². The number of hydrogen-bond acceptors (Lipinski definition) is 7. The van der Waals surface area contributed by atoms with Gasteiger partial charge in [0, 0.05) is 66.6 Å². The molecule has 1 atom stereocenters. The van der Waals surface area contributed by atoms with Gasteiger partial charge >= 0.3 is 12.1 Å². The van der Waals surface area contributed by atoms with Crippen LogP contribution in [-0.2, 0) is 15.1 Å². The third-order valence-corrected chi connectivity index (χ3v) is 9.92. The average Bonchev–Trinajstić information content (AvgIpc) is 3.59. The van der Waals surface area contributed by atoms with Crippen LogP contribution in [0.1, 0.15) is 44.1 Å². The van der Waals surface area contributed by atoms with E-state index in [-0.39, 0.29) is 17.8 Å². The highest BCUT2D eigenvalue weighted by molar-refractivity contribution is 5.97. The number of esters is 1. The average molecular weight is 623 g/mol. The number of rotatable bonds is 3. The van der Waals surface area contributed by atoms with Crippen molar-refractivity contribution < 1.29 is 28.9 Å². The van der Waals surface area contributed by atoms with E-state index in [1.165, 1.54) is 22.3 Å². The van der Waals surface area contributed by atoms with Gasteiger partial charge in [-0.2, -0.15) is 0 Å². The SMILES string of the molecule is O=C1OC2(c3ccc(O)cc3Oc3cc(N4CCN(C(=O)OCC5c6ccccc6-c6ccccc65)CC4)ccc32)c2ccccc21. The van der Waals surface area contributed by atoms with E-state index >= 15 is 0 Å². The molecule has 9 rings (SSSR count). The van der Waals surface area contributed by atoms with Gasteiger partial charge in [-0.25, -0.2) is 9.59 Å². The largest absolute Gasteiger partial charge is 0.508 e. The summed E-state index contributed by atoms with van der Waals surface area (Å²) in [6.45, 7) is 2.55. The molecule has 0 aromatic heterocycles. The monoisotopic (exact) mass is 622 g/mol. The van der Waals surface area contributed by atoms with Crippen LogP contribution < -0.4 is 9.64 Å². The maximum absolute atomic E-state index is 13.2. The third-order valence-electron chi connectivity index (χ3n) is 9.92. The van der Waals surface area contributed by atoms with E-state index in [4.69, 9.17) is 14.2 Å². The van der Waals surface area contributed by atoms with E-state index in [2.05, 4.69) is 29.2 Å². The highest BCUT2D eigenvalue weighted by Crippen LogP contribution is 2.57. The number of carbonyl (C=O) groups is 2. The van der Waals surface area contributed by atoms with Gasteiger partial charge in [0.05, 0.1) is 5.56 Å². The van der Waals surface area contributed by atoms with Gasteiger partial charge in [0.25, 0.3) is 0 Å². The van der Waals surface area contributed by atoms with Gasteiger partial charge in [-0.3, -0.25) is 0 Å². The Bertz CT molecular complexity index is 2060. The van der Waals surface area contributed by atoms with Gasteiger partial charge in [0.1, 0.15) is 23.9 Å². The minimum Gasteiger partial charge on any atom is -0.508 e. The zero-order valence-corrected chi connectivity index (χ0v) is 25.4. The van der Waals surface area contributed by atoms with Gasteiger partial charge in [-0.15, -0.1) is 0 Å². The topological polar surface area (TPSA) is 88.5 Å². The lowest BCUT2D eigenvalue weighted by atomic mass is 9.77. The first-order chi connectivity index (χ1) is 23.0. The van der Waals surface area contributed by atoms with Crippen molar-refractivity contribution in [3.05, 3.63) is 143 Å². The van der Waals surface area contributed by atoms with E-state index in [9.17, 15) is 14.7 Å². The molecule has 5 aromatic rings.